The molecule has 1 aliphatic carbocycles. The minimum Gasteiger partial charge on any atom is -0.457 e. The van der Waals surface area contributed by atoms with Gasteiger partial charge in [0.2, 0.25) is 5.91 Å². The molecule has 3 N–H and O–H groups in total. The number of carbonyl (C=O) groups excluding carboxylic acids is 1. The lowest BCUT2D eigenvalue weighted by Crippen LogP contribution is -2.31. The van der Waals surface area contributed by atoms with Crippen LogP contribution in [0.15, 0.2) is 61.4 Å². The lowest BCUT2D eigenvalue weighted by atomic mass is 10.1. The van der Waals surface area contributed by atoms with Crippen molar-refractivity contribution in [3.05, 3.63) is 73.1 Å². The zero-order valence-corrected chi connectivity index (χ0v) is 18.6. The summed E-state index contributed by atoms with van der Waals surface area (Å²) >= 11 is 0. The van der Waals surface area contributed by atoms with Gasteiger partial charge < -0.3 is 15.8 Å². The third-order valence-electron chi connectivity index (χ3n) is 6.03. The molecule has 2 aromatic carbocycles. The molecule has 2 atom stereocenters. The van der Waals surface area contributed by atoms with Crippen molar-refractivity contribution in [2.24, 2.45) is 0 Å². The number of fused-ring (bicyclic) bond motifs is 1. The molecule has 8 nitrogen and oxygen atoms in total. The predicted octanol–water partition coefficient (Wildman–Crippen LogP) is 4.79. The Hall–Kier alpha value is -4.34. The Morgan fingerprint density at radius 3 is 2.80 bits per heavy atom. The molecule has 35 heavy (non-hydrogen) atoms. The van der Waals surface area contributed by atoms with E-state index in [0.717, 1.165) is 12.8 Å². The molecule has 0 radical (unpaired) electrons. The van der Waals surface area contributed by atoms with Crippen molar-refractivity contribution in [3.8, 4) is 22.8 Å². The maximum Gasteiger partial charge on any atom is 0.243 e. The molecule has 180 valence electrons. The van der Waals surface area contributed by atoms with Gasteiger partial charge in [-0.1, -0.05) is 12.6 Å². The van der Waals surface area contributed by atoms with Gasteiger partial charge in [0.15, 0.2) is 5.65 Å². The first-order valence-electron chi connectivity index (χ1n) is 11.1. The summed E-state index contributed by atoms with van der Waals surface area (Å²) in [4.78, 5) is 20.1. The highest BCUT2D eigenvalue weighted by atomic mass is 19.1. The number of carbonyl (C=O) groups is 1. The van der Waals surface area contributed by atoms with Crippen LogP contribution in [-0.4, -0.2) is 31.7 Å². The van der Waals surface area contributed by atoms with Gasteiger partial charge >= 0.3 is 0 Å². The van der Waals surface area contributed by atoms with Gasteiger partial charge in [-0.3, -0.25) is 4.79 Å². The Kier molecular flexibility index (Phi) is 5.86. The summed E-state index contributed by atoms with van der Waals surface area (Å²) in [6.45, 7) is 3.49. The molecule has 1 amide bonds. The van der Waals surface area contributed by atoms with Crippen LogP contribution in [0.2, 0.25) is 0 Å². The highest BCUT2D eigenvalue weighted by Crippen LogP contribution is 2.38. The fourth-order valence-corrected chi connectivity index (χ4v) is 4.43. The van der Waals surface area contributed by atoms with Crippen molar-refractivity contribution in [2.45, 2.75) is 31.3 Å². The normalized spacial score (nSPS) is 17.4. The predicted molar refractivity (Wildman–Crippen MR) is 129 cm³/mol. The molecule has 0 saturated heterocycles. The van der Waals surface area contributed by atoms with Gasteiger partial charge in [0, 0.05) is 25.2 Å². The number of nitrogens with zero attached hydrogens (tertiary/aromatic N) is 4. The summed E-state index contributed by atoms with van der Waals surface area (Å²) in [7, 11) is 0. The van der Waals surface area contributed by atoms with Crippen molar-refractivity contribution in [1.82, 2.24) is 25.1 Å². The molecule has 1 aliphatic rings. The second-order valence-electron chi connectivity index (χ2n) is 8.33. The Labute approximate surface area is 200 Å². The van der Waals surface area contributed by atoms with Crippen molar-refractivity contribution in [2.75, 3.05) is 5.73 Å². The van der Waals surface area contributed by atoms with Gasteiger partial charge in [0.05, 0.1) is 11.4 Å². The summed E-state index contributed by atoms with van der Waals surface area (Å²) in [6.07, 6.45) is 4.75. The highest BCUT2D eigenvalue weighted by Gasteiger charge is 2.30. The highest BCUT2D eigenvalue weighted by molar-refractivity contribution is 5.98. The lowest BCUT2D eigenvalue weighted by molar-refractivity contribution is -0.117. The molecule has 0 unspecified atom stereocenters. The van der Waals surface area contributed by atoms with E-state index in [9.17, 15) is 9.18 Å². The first-order valence-corrected chi connectivity index (χ1v) is 11.1. The van der Waals surface area contributed by atoms with Crippen LogP contribution >= 0.6 is 0 Å². The molecule has 5 rings (SSSR count). The van der Waals surface area contributed by atoms with E-state index >= 15 is 4.39 Å². The molecular formula is C25H24F2N6O2. The van der Waals surface area contributed by atoms with Crippen LogP contribution < -0.4 is 15.8 Å². The second kappa shape index (κ2) is 9.13. The molecule has 0 aliphatic heterocycles. The van der Waals surface area contributed by atoms with E-state index in [1.54, 1.807) is 16.8 Å². The quantitative estimate of drug-likeness (QED) is 0.386. The Morgan fingerprint density at radius 2 is 2.03 bits per heavy atom. The third kappa shape index (κ3) is 4.42. The Bertz CT molecular complexity index is 1440. The van der Waals surface area contributed by atoms with E-state index < -0.39 is 11.6 Å². The van der Waals surface area contributed by atoms with Crippen LogP contribution in [0.1, 0.15) is 26.7 Å². The van der Waals surface area contributed by atoms with E-state index in [1.165, 1.54) is 42.7 Å². The number of halogens is 2. The summed E-state index contributed by atoms with van der Waals surface area (Å²) in [5.41, 5.74) is 7.17. The standard InChI is InChI=1S/C25H22F2N6O2.H2/c1-2-21(34)31-15-6-7-16(11-15)33-25-22(24(28)29-13-30-25)23(32-33)19-9-8-18(12-20(19)27)35-17-5-3-4-14(26)10-17;/h2-5,8-10,12-13,15-16H,1,6-7,11H2,(H,31,34)(H2,28,29,30);1H/t15-,16-;/m1./s1. The largest absolute Gasteiger partial charge is 0.457 e. The molecule has 10 heteroatoms. The van der Waals surface area contributed by atoms with Crippen molar-refractivity contribution < 1.29 is 19.7 Å². The first kappa shape index (κ1) is 22.5. The summed E-state index contributed by atoms with van der Waals surface area (Å²) < 4.78 is 36.0. The van der Waals surface area contributed by atoms with E-state index in [-0.39, 0.29) is 42.3 Å². The second-order valence-corrected chi connectivity index (χ2v) is 8.33. The van der Waals surface area contributed by atoms with Gasteiger partial charge in [-0.05, 0) is 49.6 Å². The molecule has 1 saturated carbocycles. The number of aromatic nitrogens is 4. The number of nitrogens with one attached hydrogen (secondary N) is 1. The molecule has 2 aromatic heterocycles. The number of nitrogens with two attached hydrogens (primary N) is 1. The van der Waals surface area contributed by atoms with Gasteiger partial charge in [-0.25, -0.2) is 23.4 Å². The summed E-state index contributed by atoms with van der Waals surface area (Å²) in [5.74, 6) is -0.618. The fourth-order valence-electron chi connectivity index (χ4n) is 4.43. The van der Waals surface area contributed by atoms with Crippen molar-refractivity contribution in [1.29, 1.82) is 0 Å². The maximum atomic E-state index is 15.3. The van der Waals surface area contributed by atoms with Crippen LogP contribution in [0.5, 0.6) is 11.5 Å². The van der Waals surface area contributed by atoms with Crippen molar-refractivity contribution >= 4 is 22.8 Å². The van der Waals surface area contributed by atoms with Gasteiger partial charge in [-0.15, -0.1) is 0 Å². The van der Waals surface area contributed by atoms with Crippen LogP contribution in [0, 0.1) is 11.6 Å². The van der Waals surface area contributed by atoms with E-state index in [4.69, 9.17) is 15.6 Å². The van der Waals surface area contributed by atoms with Crippen LogP contribution in [-0.2, 0) is 4.79 Å². The van der Waals surface area contributed by atoms with Crippen LogP contribution in [0.25, 0.3) is 22.3 Å². The average Bonchev–Trinajstić information content (AvgIpc) is 3.44. The summed E-state index contributed by atoms with van der Waals surface area (Å²) in [6, 6.07) is 9.83. The zero-order valence-electron chi connectivity index (χ0n) is 18.6. The van der Waals surface area contributed by atoms with E-state index in [2.05, 4.69) is 21.9 Å². The molecule has 1 fully saturated rings. The van der Waals surface area contributed by atoms with E-state index in [1.807, 2.05) is 0 Å². The zero-order chi connectivity index (χ0) is 24.5. The smallest absolute Gasteiger partial charge is 0.243 e. The van der Waals surface area contributed by atoms with Gasteiger partial charge in [0.25, 0.3) is 0 Å². The topological polar surface area (TPSA) is 108 Å². The number of nitrogen functional groups attached to an aromatic ring is 1. The monoisotopic (exact) mass is 478 g/mol. The lowest BCUT2D eigenvalue weighted by Gasteiger charge is -2.13. The molecule has 4 aromatic rings. The summed E-state index contributed by atoms with van der Waals surface area (Å²) in [5, 5.41) is 8.05. The number of hydrogen-bond donors (Lipinski definition) is 2. The van der Waals surface area contributed by atoms with Gasteiger partial charge in [0.1, 0.15) is 41.0 Å². The number of benzene rings is 2. The fraction of sp³-hybridized carbons (Fsp3) is 0.200. The molecule has 2 heterocycles. The third-order valence-corrected chi connectivity index (χ3v) is 6.03. The number of hydrogen-bond acceptors (Lipinski definition) is 6. The number of ether oxygens (including phenoxy) is 1. The Morgan fingerprint density at radius 1 is 1.20 bits per heavy atom. The molecular weight excluding hydrogens is 454 g/mol. The molecule has 0 spiro atoms. The number of rotatable bonds is 6. The molecule has 0 bridgehead atoms. The van der Waals surface area contributed by atoms with Crippen molar-refractivity contribution in [3.63, 3.8) is 0 Å². The maximum absolute atomic E-state index is 15.3. The number of anilines is 1. The van der Waals surface area contributed by atoms with Crippen LogP contribution in [0.3, 0.4) is 0 Å². The SMILES string of the molecule is C=CC(=O)N[C@@H]1CC[C@@H](n2nc(-c3ccc(Oc4cccc(F)c4)cc3F)c3c(N)ncnc32)C1.[HH]. The number of amides is 1. The van der Waals surface area contributed by atoms with E-state index in [0.29, 0.717) is 23.1 Å². The first-order chi connectivity index (χ1) is 16.9. The minimum absolute atomic E-state index is 0. The van der Waals surface area contributed by atoms with Crippen LogP contribution in [0.4, 0.5) is 14.6 Å². The Balaban J connectivity index is 0.00000304. The average molecular weight is 479 g/mol. The van der Waals surface area contributed by atoms with Gasteiger partial charge in [-0.2, -0.15) is 5.10 Å². The minimum atomic E-state index is -0.587.